The van der Waals surface area contributed by atoms with Crippen LogP contribution in [-0.4, -0.2) is 28.0 Å². The molecule has 2 aromatic carbocycles. The lowest BCUT2D eigenvalue weighted by Crippen LogP contribution is -2.36. The van der Waals surface area contributed by atoms with Crippen LogP contribution in [0, 0.1) is 3.57 Å². The zero-order valence-electron chi connectivity index (χ0n) is 12.4. The van der Waals surface area contributed by atoms with Gasteiger partial charge in [-0.25, -0.2) is 8.42 Å². The van der Waals surface area contributed by atoms with Gasteiger partial charge in [0.1, 0.15) is 11.4 Å². The molecule has 0 aliphatic carbocycles. The maximum Gasteiger partial charge on any atom is 0.326 e. The third-order valence-corrected chi connectivity index (χ3v) is 6.22. The Kier molecular flexibility index (Phi) is 6.35. The Hall–Kier alpha value is -1.03. The summed E-state index contributed by atoms with van der Waals surface area (Å²) >= 11 is 14.0. The van der Waals surface area contributed by atoms with E-state index in [2.05, 4.69) is 27.3 Å². The van der Waals surface area contributed by atoms with Crippen molar-refractivity contribution in [1.82, 2.24) is 0 Å². The van der Waals surface area contributed by atoms with Gasteiger partial charge in [-0.15, -0.1) is 0 Å². The number of ether oxygens (including phenoxy) is 1. The SMILES string of the molecule is COC(=O)CN(c1cccc(I)c1)S(=O)(=O)c1cc(Cl)ccc1Cl. The molecule has 24 heavy (non-hydrogen) atoms. The summed E-state index contributed by atoms with van der Waals surface area (Å²) in [6.45, 7) is -0.484. The Morgan fingerprint density at radius 1 is 1.21 bits per heavy atom. The first-order valence-electron chi connectivity index (χ1n) is 6.56. The highest BCUT2D eigenvalue weighted by atomic mass is 127. The Labute approximate surface area is 163 Å². The smallest absolute Gasteiger partial charge is 0.326 e. The number of hydrogen-bond donors (Lipinski definition) is 0. The van der Waals surface area contributed by atoms with Crippen molar-refractivity contribution in [2.75, 3.05) is 18.0 Å². The van der Waals surface area contributed by atoms with Gasteiger partial charge in [0, 0.05) is 8.59 Å². The van der Waals surface area contributed by atoms with Gasteiger partial charge >= 0.3 is 5.97 Å². The normalized spacial score (nSPS) is 11.2. The first kappa shape index (κ1) is 19.3. The van der Waals surface area contributed by atoms with Crippen molar-refractivity contribution in [3.63, 3.8) is 0 Å². The number of sulfonamides is 1. The first-order valence-corrected chi connectivity index (χ1v) is 9.83. The van der Waals surface area contributed by atoms with Crippen molar-refractivity contribution in [2.24, 2.45) is 0 Å². The number of rotatable bonds is 5. The van der Waals surface area contributed by atoms with Crippen LogP contribution in [0.5, 0.6) is 0 Å². The Morgan fingerprint density at radius 2 is 1.92 bits per heavy atom. The largest absolute Gasteiger partial charge is 0.468 e. The molecule has 9 heteroatoms. The number of carbonyl (C=O) groups is 1. The van der Waals surface area contributed by atoms with E-state index in [1.165, 1.54) is 25.3 Å². The standard InChI is InChI=1S/C15H12Cl2INO4S/c1-23-15(20)9-19(12-4-2-3-11(18)8-12)24(21,22)14-7-10(16)5-6-13(14)17/h2-8H,9H2,1H3. The predicted octanol–water partition coefficient (Wildman–Crippen LogP) is 3.97. The number of esters is 1. The fourth-order valence-electron chi connectivity index (χ4n) is 1.92. The molecule has 0 radical (unpaired) electrons. The van der Waals surface area contributed by atoms with E-state index in [0.717, 1.165) is 7.88 Å². The summed E-state index contributed by atoms with van der Waals surface area (Å²) < 4.78 is 32.4. The molecule has 0 amide bonds. The number of nitrogens with zero attached hydrogens (tertiary/aromatic N) is 1. The summed E-state index contributed by atoms with van der Waals surface area (Å²) in [5.41, 5.74) is 0.323. The summed E-state index contributed by atoms with van der Waals surface area (Å²) in [4.78, 5) is 11.5. The van der Waals surface area contributed by atoms with E-state index in [1.54, 1.807) is 24.3 Å². The van der Waals surface area contributed by atoms with Gasteiger partial charge in [-0.05, 0) is 59.0 Å². The molecule has 0 bridgehead atoms. The molecule has 0 atom stereocenters. The Bertz CT molecular complexity index is 874. The summed E-state index contributed by atoms with van der Waals surface area (Å²) in [7, 11) is -2.93. The highest BCUT2D eigenvalue weighted by Crippen LogP contribution is 2.31. The van der Waals surface area contributed by atoms with E-state index < -0.39 is 22.5 Å². The quantitative estimate of drug-likeness (QED) is 0.461. The summed E-state index contributed by atoms with van der Waals surface area (Å²) in [5, 5.41) is 0.235. The summed E-state index contributed by atoms with van der Waals surface area (Å²) in [5.74, 6) is -0.699. The fourth-order valence-corrected chi connectivity index (χ4v) is 4.59. The second kappa shape index (κ2) is 7.90. The number of methoxy groups -OCH3 is 1. The lowest BCUT2D eigenvalue weighted by molar-refractivity contribution is -0.138. The van der Waals surface area contributed by atoms with Gasteiger partial charge in [-0.1, -0.05) is 29.3 Å². The third-order valence-electron chi connectivity index (χ3n) is 3.06. The second-order valence-electron chi connectivity index (χ2n) is 4.64. The van der Waals surface area contributed by atoms with Crippen molar-refractivity contribution in [2.45, 2.75) is 4.90 Å². The Morgan fingerprint density at radius 3 is 2.54 bits per heavy atom. The van der Waals surface area contributed by atoms with Gasteiger partial charge in [0.25, 0.3) is 10.0 Å². The molecule has 2 rings (SSSR count). The minimum Gasteiger partial charge on any atom is -0.468 e. The monoisotopic (exact) mass is 499 g/mol. The zero-order valence-corrected chi connectivity index (χ0v) is 16.9. The fraction of sp³-hybridized carbons (Fsp3) is 0.133. The second-order valence-corrected chi connectivity index (χ2v) is 8.56. The van der Waals surface area contributed by atoms with Crippen LogP contribution in [0.2, 0.25) is 10.0 Å². The maximum atomic E-state index is 13.0. The lowest BCUT2D eigenvalue weighted by atomic mass is 10.3. The first-order chi connectivity index (χ1) is 11.3. The summed E-state index contributed by atoms with van der Waals surface area (Å²) in [6.07, 6.45) is 0. The van der Waals surface area contributed by atoms with Crippen LogP contribution in [0.25, 0.3) is 0 Å². The number of benzene rings is 2. The molecule has 0 N–H and O–H groups in total. The highest BCUT2D eigenvalue weighted by molar-refractivity contribution is 14.1. The van der Waals surface area contributed by atoms with Gasteiger partial charge < -0.3 is 4.74 Å². The molecule has 0 spiro atoms. The van der Waals surface area contributed by atoms with Crippen LogP contribution in [0.1, 0.15) is 0 Å². The van der Waals surface area contributed by atoms with Gasteiger partial charge in [0.15, 0.2) is 0 Å². The van der Waals surface area contributed by atoms with E-state index in [0.29, 0.717) is 5.69 Å². The van der Waals surface area contributed by atoms with Gasteiger partial charge in [0.05, 0.1) is 17.8 Å². The van der Waals surface area contributed by atoms with E-state index in [-0.39, 0.29) is 14.9 Å². The van der Waals surface area contributed by atoms with Crippen LogP contribution in [-0.2, 0) is 19.6 Å². The van der Waals surface area contributed by atoms with E-state index in [4.69, 9.17) is 23.2 Å². The van der Waals surface area contributed by atoms with Crippen molar-refractivity contribution >= 4 is 67.5 Å². The van der Waals surface area contributed by atoms with Gasteiger partial charge in [-0.2, -0.15) is 0 Å². The average molecular weight is 500 g/mol. The van der Waals surface area contributed by atoms with E-state index in [9.17, 15) is 13.2 Å². The molecule has 5 nitrogen and oxygen atoms in total. The Balaban J connectivity index is 2.61. The molecular weight excluding hydrogens is 488 g/mol. The molecule has 0 unspecified atom stereocenters. The van der Waals surface area contributed by atoms with Crippen molar-refractivity contribution < 1.29 is 17.9 Å². The van der Waals surface area contributed by atoms with Crippen LogP contribution >= 0.6 is 45.8 Å². The lowest BCUT2D eigenvalue weighted by Gasteiger charge is -2.24. The number of carbonyl (C=O) groups excluding carboxylic acids is 1. The third kappa shape index (κ3) is 4.33. The molecule has 0 aromatic heterocycles. The highest BCUT2D eigenvalue weighted by Gasteiger charge is 2.29. The zero-order chi connectivity index (χ0) is 17.9. The van der Waals surface area contributed by atoms with Crippen LogP contribution in [0.3, 0.4) is 0 Å². The summed E-state index contributed by atoms with van der Waals surface area (Å²) in [6, 6.07) is 10.8. The van der Waals surface area contributed by atoms with Gasteiger partial charge in [0.2, 0.25) is 0 Å². The van der Waals surface area contributed by atoms with Crippen molar-refractivity contribution in [3.8, 4) is 0 Å². The molecule has 0 saturated heterocycles. The van der Waals surface area contributed by atoms with Crippen LogP contribution in [0.15, 0.2) is 47.4 Å². The van der Waals surface area contributed by atoms with Crippen molar-refractivity contribution in [3.05, 3.63) is 56.1 Å². The van der Waals surface area contributed by atoms with Crippen molar-refractivity contribution in [1.29, 1.82) is 0 Å². The minimum absolute atomic E-state index is 0.0138. The molecule has 0 aliphatic rings. The molecule has 0 aliphatic heterocycles. The van der Waals surface area contributed by atoms with Crippen LogP contribution in [0.4, 0.5) is 5.69 Å². The van der Waals surface area contributed by atoms with E-state index >= 15 is 0 Å². The minimum atomic E-state index is -4.12. The molecule has 2 aromatic rings. The van der Waals surface area contributed by atoms with E-state index in [1.807, 2.05) is 0 Å². The molecule has 0 saturated carbocycles. The average Bonchev–Trinajstić information content (AvgIpc) is 2.54. The molecule has 128 valence electrons. The maximum absolute atomic E-state index is 13.0. The molecular formula is C15H12Cl2INO4S. The number of hydrogen-bond acceptors (Lipinski definition) is 4. The predicted molar refractivity (Wildman–Crippen MR) is 102 cm³/mol. The van der Waals surface area contributed by atoms with Gasteiger partial charge in [-0.3, -0.25) is 9.10 Å². The topological polar surface area (TPSA) is 63.7 Å². The number of halogens is 3. The molecule has 0 fully saturated rings. The van der Waals surface area contributed by atoms with Crippen LogP contribution < -0.4 is 4.31 Å². The number of anilines is 1. The molecule has 0 heterocycles.